The Morgan fingerprint density at radius 2 is 2.12 bits per heavy atom. The van der Waals surface area contributed by atoms with Gasteiger partial charge in [0.1, 0.15) is 6.10 Å². The third-order valence-corrected chi connectivity index (χ3v) is 3.21. The normalized spacial score (nSPS) is 21.4. The minimum absolute atomic E-state index is 0.295. The Bertz CT molecular complexity index is 358. The summed E-state index contributed by atoms with van der Waals surface area (Å²) in [6.07, 6.45) is 3.58. The summed E-state index contributed by atoms with van der Waals surface area (Å²) in [4.78, 5) is 5.40. The Kier molecular flexibility index (Phi) is 3.60. The topological polar surface area (TPSA) is 21.6 Å². The van der Waals surface area contributed by atoms with Gasteiger partial charge in [-0.3, -0.25) is 0 Å². The van der Waals surface area contributed by atoms with Crippen molar-refractivity contribution < 1.29 is 4.84 Å². The predicted molar refractivity (Wildman–Crippen MR) is 66.5 cm³/mol. The molecule has 0 saturated heterocycles. The fraction of sp³-hybridized carbons (Fsp3) is 0.500. The molecule has 1 aliphatic heterocycles. The van der Waals surface area contributed by atoms with Crippen molar-refractivity contribution in [2.45, 2.75) is 39.2 Å². The molecule has 1 aromatic carbocycles. The zero-order valence-electron chi connectivity index (χ0n) is 10.0. The molecule has 0 aliphatic carbocycles. The molecule has 0 radical (unpaired) electrons. The van der Waals surface area contributed by atoms with Crippen LogP contribution in [0.1, 0.15) is 32.3 Å². The number of rotatable bonds is 4. The molecule has 0 aromatic heterocycles. The van der Waals surface area contributed by atoms with Crippen LogP contribution in [0.4, 0.5) is 0 Å². The summed E-state index contributed by atoms with van der Waals surface area (Å²) in [5.74, 6) is 0.571. The molecule has 2 heteroatoms. The first-order valence-corrected chi connectivity index (χ1v) is 5.99. The highest BCUT2D eigenvalue weighted by atomic mass is 16.6. The molecule has 1 heterocycles. The lowest BCUT2D eigenvalue weighted by Crippen LogP contribution is -2.18. The fourth-order valence-corrected chi connectivity index (χ4v) is 2.05. The van der Waals surface area contributed by atoms with Gasteiger partial charge in [-0.25, -0.2) is 0 Å². The van der Waals surface area contributed by atoms with E-state index in [-0.39, 0.29) is 0 Å². The Morgan fingerprint density at radius 1 is 1.38 bits per heavy atom. The number of aryl methyl sites for hydroxylation is 1. The van der Waals surface area contributed by atoms with Crippen LogP contribution in [0.25, 0.3) is 0 Å². The van der Waals surface area contributed by atoms with E-state index < -0.39 is 0 Å². The molecule has 0 N–H and O–H groups in total. The number of hydrogen-bond donors (Lipinski definition) is 0. The number of oxime groups is 1. The summed E-state index contributed by atoms with van der Waals surface area (Å²) in [5, 5.41) is 4.01. The molecular formula is C14H19NO. The Morgan fingerprint density at radius 3 is 2.75 bits per heavy atom. The first-order valence-electron chi connectivity index (χ1n) is 5.99. The Labute approximate surface area is 97.3 Å². The van der Waals surface area contributed by atoms with Gasteiger partial charge in [0.2, 0.25) is 0 Å². The number of hydrogen-bond acceptors (Lipinski definition) is 2. The fourth-order valence-electron chi connectivity index (χ4n) is 2.05. The maximum absolute atomic E-state index is 5.40. The van der Waals surface area contributed by atoms with Gasteiger partial charge < -0.3 is 4.84 Å². The average Bonchev–Trinajstić information content (AvgIpc) is 2.74. The number of nitrogens with zero attached hydrogens (tertiary/aromatic N) is 1. The van der Waals surface area contributed by atoms with Crippen molar-refractivity contribution in [3.8, 4) is 0 Å². The van der Waals surface area contributed by atoms with Crippen LogP contribution < -0.4 is 0 Å². The highest BCUT2D eigenvalue weighted by Gasteiger charge is 2.24. The molecular weight excluding hydrogens is 198 g/mol. The number of benzene rings is 1. The molecule has 0 bridgehead atoms. The summed E-state index contributed by atoms with van der Waals surface area (Å²) >= 11 is 0. The monoisotopic (exact) mass is 217 g/mol. The Balaban J connectivity index is 1.78. The minimum atomic E-state index is 0.295. The van der Waals surface area contributed by atoms with E-state index in [2.05, 4.69) is 42.4 Å². The van der Waals surface area contributed by atoms with E-state index in [1.165, 1.54) is 5.56 Å². The summed E-state index contributed by atoms with van der Waals surface area (Å²) < 4.78 is 0. The summed E-state index contributed by atoms with van der Waals surface area (Å²) in [5.41, 5.74) is 2.53. The van der Waals surface area contributed by atoms with Crippen LogP contribution >= 0.6 is 0 Å². The van der Waals surface area contributed by atoms with Gasteiger partial charge in [-0.15, -0.1) is 0 Å². The largest absolute Gasteiger partial charge is 0.392 e. The molecule has 0 fully saturated rings. The second kappa shape index (κ2) is 5.15. The van der Waals surface area contributed by atoms with Gasteiger partial charge in [-0.1, -0.05) is 42.4 Å². The van der Waals surface area contributed by atoms with Crippen molar-refractivity contribution in [1.82, 2.24) is 0 Å². The van der Waals surface area contributed by atoms with Crippen molar-refractivity contribution in [3.63, 3.8) is 0 Å². The molecule has 0 amide bonds. The smallest absolute Gasteiger partial charge is 0.135 e. The standard InChI is InChI=1S/C14H19NO/c1-11(14-10-12(2)15-16-14)8-9-13-6-4-3-5-7-13/h3-7,11,14H,8-10H2,1-2H3. The lowest BCUT2D eigenvalue weighted by molar-refractivity contribution is 0.0436. The third-order valence-electron chi connectivity index (χ3n) is 3.21. The van der Waals surface area contributed by atoms with E-state index in [0.717, 1.165) is 25.0 Å². The van der Waals surface area contributed by atoms with Crippen LogP contribution in [0.3, 0.4) is 0 Å². The van der Waals surface area contributed by atoms with Crippen molar-refractivity contribution in [3.05, 3.63) is 35.9 Å². The summed E-state index contributed by atoms with van der Waals surface area (Å²) in [6, 6.07) is 10.6. The van der Waals surface area contributed by atoms with Gasteiger partial charge in [0.05, 0.1) is 5.71 Å². The maximum Gasteiger partial charge on any atom is 0.135 e. The lowest BCUT2D eigenvalue weighted by Gasteiger charge is -2.16. The lowest BCUT2D eigenvalue weighted by atomic mass is 9.94. The molecule has 86 valence electrons. The van der Waals surface area contributed by atoms with Gasteiger partial charge in [0.15, 0.2) is 0 Å². The van der Waals surface area contributed by atoms with Crippen LogP contribution in [-0.4, -0.2) is 11.8 Å². The van der Waals surface area contributed by atoms with Crippen molar-refractivity contribution in [2.75, 3.05) is 0 Å². The second-order valence-electron chi connectivity index (χ2n) is 4.68. The molecule has 1 aromatic rings. The van der Waals surface area contributed by atoms with Gasteiger partial charge in [0, 0.05) is 6.42 Å². The van der Waals surface area contributed by atoms with E-state index in [4.69, 9.17) is 4.84 Å². The third kappa shape index (κ3) is 2.84. The first-order chi connectivity index (χ1) is 7.75. The molecule has 1 aliphatic rings. The van der Waals surface area contributed by atoms with Crippen LogP contribution in [0.15, 0.2) is 35.5 Å². The SMILES string of the molecule is CC1=NOC(C(C)CCc2ccccc2)C1. The van der Waals surface area contributed by atoms with Crippen molar-refractivity contribution in [1.29, 1.82) is 0 Å². The van der Waals surface area contributed by atoms with E-state index >= 15 is 0 Å². The van der Waals surface area contributed by atoms with E-state index in [0.29, 0.717) is 12.0 Å². The van der Waals surface area contributed by atoms with Gasteiger partial charge in [-0.05, 0) is 31.2 Å². The molecule has 2 atom stereocenters. The molecule has 0 saturated carbocycles. The summed E-state index contributed by atoms with van der Waals surface area (Å²) in [6.45, 7) is 4.28. The van der Waals surface area contributed by atoms with Crippen molar-refractivity contribution in [2.24, 2.45) is 11.1 Å². The molecule has 2 rings (SSSR count). The van der Waals surface area contributed by atoms with Crippen LogP contribution in [0.5, 0.6) is 0 Å². The van der Waals surface area contributed by atoms with Crippen molar-refractivity contribution >= 4 is 5.71 Å². The van der Waals surface area contributed by atoms with Gasteiger partial charge in [0.25, 0.3) is 0 Å². The molecule has 16 heavy (non-hydrogen) atoms. The van der Waals surface area contributed by atoms with Gasteiger partial charge in [-0.2, -0.15) is 0 Å². The van der Waals surface area contributed by atoms with E-state index in [9.17, 15) is 0 Å². The average molecular weight is 217 g/mol. The first kappa shape index (κ1) is 11.2. The quantitative estimate of drug-likeness (QED) is 0.757. The molecule has 2 nitrogen and oxygen atoms in total. The zero-order chi connectivity index (χ0) is 11.4. The Hall–Kier alpha value is -1.31. The molecule has 2 unspecified atom stereocenters. The van der Waals surface area contributed by atoms with E-state index in [1.54, 1.807) is 0 Å². The van der Waals surface area contributed by atoms with Crippen LogP contribution in [0, 0.1) is 5.92 Å². The summed E-state index contributed by atoms with van der Waals surface area (Å²) in [7, 11) is 0. The predicted octanol–water partition coefficient (Wildman–Crippen LogP) is 3.42. The second-order valence-corrected chi connectivity index (χ2v) is 4.68. The highest BCUT2D eigenvalue weighted by molar-refractivity contribution is 5.82. The maximum atomic E-state index is 5.40. The molecule has 0 spiro atoms. The minimum Gasteiger partial charge on any atom is -0.392 e. The van der Waals surface area contributed by atoms with Crippen LogP contribution in [0.2, 0.25) is 0 Å². The highest BCUT2D eigenvalue weighted by Crippen LogP contribution is 2.22. The van der Waals surface area contributed by atoms with E-state index in [1.807, 2.05) is 6.92 Å². The van der Waals surface area contributed by atoms with Crippen LogP contribution in [-0.2, 0) is 11.3 Å². The zero-order valence-corrected chi connectivity index (χ0v) is 10.0. The van der Waals surface area contributed by atoms with Gasteiger partial charge >= 0.3 is 0 Å².